The molecule has 1 aliphatic heterocycles. The number of piperidine rings is 1. The molecule has 0 bridgehead atoms. The van der Waals surface area contributed by atoms with Crippen LogP contribution < -0.4 is 0 Å². The van der Waals surface area contributed by atoms with Crippen molar-refractivity contribution in [1.82, 2.24) is 4.90 Å². The highest BCUT2D eigenvalue weighted by molar-refractivity contribution is 6.33. The minimum Gasteiger partial charge on any atom is -0.481 e. The van der Waals surface area contributed by atoms with Gasteiger partial charge < -0.3 is 15.1 Å². The van der Waals surface area contributed by atoms with E-state index in [0.29, 0.717) is 6.07 Å². The van der Waals surface area contributed by atoms with Gasteiger partial charge in [0.25, 0.3) is 5.91 Å². The van der Waals surface area contributed by atoms with Crippen LogP contribution >= 0.6 is 11.6 Å². The molecule has 5 nitrogen and oxygen atoms in total. The first kappa shape index (κ1) is 19.9. The zero-order valence-electron chi connectivity index (χ0n) is 14.3. The number of aliphatic hydroxyl groups excluding tert-OH is 1. The number of carboxylic acids is 1. The topological polar surface area (TPSA) is 77.8 Å². The molecule has 27 heavy (non-hydrogen) atoms. The molecule has 1 saturated heterocycles. The number of hydrogen-bond donors (Lipinski definition) is 2. The number of likely N-dealkylation sites (tertiary alicyclic amines) is 1. The maximum Gasteiger partial charge on any atom is 0.416 e. The molecule has 0 aromatic heterocycles. The Morgan fingerprint density at radius 2 is 1.93 bits per heavy atom. The van der Waals surface area contributed by atoms with Crippen molar-refractivity contribution in [3.8, 4) is 0 Å². The maximum absolute atomic E-state index is 13.0. The van der Waals surface area contributed by atoms with Crippen molar-refractivity contribution in [2.24, 2.45) is 11.3 Å². The Morgan fingerprint density at radius 3 is 2.48 bits per heavy atom. The molecule has 0 spiro atoms. The van der Waals surface area contributed by atoms with Crippen molar-refractivity contribution >= 4 is 23.5 Å². The molecule has 2 aliphatic rings. The largest absolute Gasteiger partial charge is 0.481 e. The summed E-state index contributed by atoms with van der Waals surface area (Å²) in [5.41, 5.74) is -2.84. The lowest BCUT2D eigenvalue weighted by atomic mass is 9.73. The standard InChI is InChI=1S/C18H19ClF3NO4/c19-13-4-3-11(18(20,21)22)7-12(13)15(25)23-6-5-14(24)17(9-23,16(26)27)8-10-1-2-10/h3-4,7,10,14,24H,1-2,5-6,8-9H2,(H,26,27)/t14-,17-/m0/s1. The van der Waals surface area contributed by atoms with Crippen LogP contribution in [0, 0.1) is 11.3 Å². The van der Waals surface area contributed by atoms with Gasteiger partial charge >= 0.3 is 12.1 Å². The summed E-state index contributed by atoms with van der Waals surface area (Å²) in [7, 11) is 0. The minimum atomic E-state index is -4.63. The number of halogens is 4. The molecule has 1 aromatic carbocycles. The van der Waals surface area contributed by atoms with Crippen molar-refractivity contribution in [3.05, 3.63) is 34.3 Å². The number of hydrogen-bond acceptors (Lipinski definition) is 3. The second kappa shape index (κ2) is 6.98. The molecule has 148 valence electrons. The van der Waals surface area contributed by atoms with Crippen molar-refractivity contribution in [2.75, 3.05) is 13.1 Å². The minimum absolute atomic E-state index is 0.0430. The van der Waals surface area contributed by atoms with Gasteiger partial charge in [-0.15, -0.1) is 0 Å². The predicted octanol–water partition coefficient (Wildman–Crippen LogP) is 3.44. The Morgan fingerprint density at radius 1 is 1.26 bits per heavy atom. The van der Waals surface area contributed by atoms with E-state index in [1.165, 1.54) is 4.90 Å². The van der Waals surface area contributed by atoms with E-state index >= 15 is 0 Å². The number of alkyl halides is 3. The van der Waals surface area contributed by atoms with Crippen LogP contribution in [0.25, 0.3) is 0 Å². The molecule has 1 aromatic rings. The van der Waals surface area contributed by atoms with Gasteiger partial charge in [0, 0.05) is 13.1 Å². The van der Waals surface area contributed by atoms with Gasteiger partial charge in [-0.1, -0.05) is 24.4 Å². The van der Waals surface area contributed by atoms with Crippen LogP contribution in [-0.2, 0) is 11.0 Å². The lowest BCUT2D eigenvalue weighted by molar-refractivity contribution is -0.163. The number of aliphatic carboxylic acids is 1. The summed E-state index contributed by atoms with van der Waals surface area (Å²) in [4.78, 5) is 25.9. The Balaban J connectivity index is 1.90. The molecular formula is C18H19ClF3NO4. The van der Waals surface area contributed by atoms with Gasteiger partial charge in [-0.2, -0.15) is 13.2 Å². The average molecular weight is 406 g/mol. The number of rotatable bonds is 4. The highest BCUT2D eigenvalue weighted by Gasteiger charge is 2.52. The third-order valence-electron chi connectivity index (χ3n) is 5.37. The number of amides is 1. The zero-order chi connectivity index (χ0) is 20.0. The van der Waals surface area contributed by atoms with Crippen LogP contribution in [-0.4, -0.2) is 46.2 Å². The first-order chi connectivity index (χ1) is 12.5. The maximum atomic E-state index is 13.0. The van der Waals surface area contributed by atoms with Crippen molar-refractivity contribution in [1.29, 1.82) is 0 Å². The van der Waals surface area contributed by atoms with Crippen LogP contribution in [0.1, 0.15) is 41.6 Å². The SMILES string of the molecule is O=C(c1cc(C(F)(F)F)ccc1Cl)N1CC[C@H](O)[C@@](CC2CC2)(C(=O)O)C1. The molecule has 3 rings (SSSR count). The van der Waals surface area contributed by atoms with E-state index in [9.17, 15) is 33.0 Å². The van der Waals surface area contributed by atoms with Crippen LogP contribution in [0.2, 0.25) is 5.02 Å². The van der Waals surface area contributed by atoms with Gasteiger partial charge in [0.05, 0.1) is 22.3 Å². The molecule has 2 atom stereocenters. The molecular weight excluding hydrogens is 387 g/mol. The van der Waals surface area contributed by atoms with E-state index in [1.807, 2.05) is 0 Å². The Kier molecular flexibility index (Phi) is 5.16. The van der Waals surface area contributed by atoms with Crippen LogP contribution in [0.3, 0.4) is 0 Å². The van der Waals surface area contributed by atoms with Gasteiger partial charge in [0.2, 0.25) is 0 Å². The van der Waals surface area contributed by atoms with E-state index < -0.39 is 35.1 Å². The van der Waals surface area contributed by atoms with Crippen molar-refractivity contribution in [2.45, 2.75) is 38.0 Å². The molecule has 2 N–H and O–H groups in total. The summed E-state index contributed by atoms with van der Waals surface area (Å²) in [6, 6.07) is 2.47. The summed E-state index contributed by atoms with van der Waals surface area (Å²) in [6.45, 7) is -0.211. The molecule has 1 saturated carbocycles. The first-order valence-electron chi connectivity index (χ1n) is 8.62. The predicted molar refractivity (Wildman–Crippen MR) is 90.4 cm³/mol. The molecule has 0 radical (unpaired) electrons. The number of carbonyl (C=O) groups is 2. The Bertz CT molecular complexity index is 765. The van der Waals surface area contributed by atoms with Crippen LogP contribution in [0.4, 0.5) is 13.2 Å². The van der Waals surface area contributed by atoms with Gasteiger partial charge in [-0.05, 0) is 37.0 Å². The van der Waals surface area contributed by atoms with E-state index in [-0.39, 0.29) is 42.4 Å². The third-order valence-corrected chi connectivity index (χ3v) is 5.70. The number of benzene rings is 1. The number of carbonyl (C=O) groups excluding carboxylic acids is 1. The fourth-order valence-electron chi connectivity index (χ4n) is 3.62. The summed E-state index contributed by atoms with van der Waals surface area (Å²) in [6.07, 6.45) is -3.72. The monoisotopic (exact) mass is 405 g/mol. The molecule has 1 heterocycles. The number of nitrogens with zero attached hydrogens (tertiary/aromatic N) is 1. The third kappa shape index (κ3) is 3.91. The van der Waals surface area contributed by atoms with E-state index in [2.05, 4.69) is 0 Å². The summed E-state index contributed by atoms with van der Waals surface area (Å²) in [5, 5.41) is 20.0. The summed E-state index contributed by atoms with van der Waals surface area (Å²) < 4.78 is 38.9. The van der Waals surface area contributed by atoms with E-state index in [4.69, 9.17) is 11.6 Å². The van der Waals surface area contributed by atoms with E-state index in [0.717, 1.165) is 25.0 Å². The second-order valence-corrected chi connectivity index (χ2v) is 7.74. The fraction of sp³-hybridized carbons (Fsp3) is 0.556. The zero-order valence-corrected chi connectivity index (χ0v) is 15.1. The highest BCUT2D eigenvalue weighted by Crippen LogP contribution is 2.45. The molecule has 9 heteroatoms. The fourth-order valence-corrected chi connectivity index (χ4v) is 3.82. The number of carboxylic acid groups (broad SMARTS) is 1. The summed E-state index contributed by atoms with van der Waals surface area (Å²) in [5.74, 6) is -1.78. The van der Waals surface area contributed by atoms with E-state index in [1.54, 1.807) is 0 Å². The quantitative estimate of drug-likeness (QED) is 0.804. The lowest BCUT2D eigenvalue weighted by Crippen LogP contribution is -2.57. The molecule has 2 fully saturated rings. The molecule has 1 aliphatic carbocycles. The number of aliphatic hydroxyl groups is 1. The van der Waals surface area contributed by atoms with Gasteiger partial charge in [0.1, 0.15) is 5.41 Å². The summed E-state index contributed by atoms with van der Waals surface area (Å²) >= 11 is 5.94. The normalized spacial score (nSPS) is 26.1. The van der Waals surface area contributed by atoms with Gasteiger partial charge in [-0.3, -0.25) is 9.59 Å². The molecule has 1 amide bonds. The Labute approximate surface area is 158 Å². The van der Waals surface area contributed by atoms with Gasteiger partial charge in [-0.25, -0.2) is 0 Å². The van der Waals surface area contributed by atoms with Crippen LogP contribution in [0.5, 0.6) is 0 Å². The highest BCUT2D eigenvalue weighted by atomic mass is 35.5. The van der Waals surface area contributed by atoms with Crippen molar-refractivity contribution in [3.63, 3.8) is 0 Å². The smallest absolute Gasteiger partial charge is 0.416 e. The second-order valence-electron chi connectivity index (χ2n) is 7.33. The molecule has 0 unspecified atom stereocenters. The van der Waals surface area contributed by atoms with Crippen molar-refractivity contribution < 1.29 is 33.0 Å². The Hall–Kier alpha value is -1.80. The van der Waals surface area contributed by atoms with Crippen LogP contribution in [0.15, 0.2) is 18.2 Å². The van der Waals surface area contributed by atoms with Gasteiger partial charge in [0.15, 0.2) is 0 Å². The average Bonchev–Trinajstić information content (AvgIpc) is 3.39. The lowest BCUT2D eigenvalue weighted by Gasteiger charge is -2.43. The first-order valence-corrected chi connectivity index (χ1v) is 9.00.